The lowest BCUT2D eigenvalue weighted by molar-refractivity contribution is 0.587. The van der Waals surface area contributed by atoms with Crippen LogP contribution in [0.3, 0.4) is 0 Å². The van der Waals surface area contributed by atoms with Gasteiger partial charge in [-0.25, -0.2) is 9.50 Å². The summed E-state index contributed by atoms with van der Waals surface area (Å²) in [5, 5.41) is 7.64. The minimum absolute atomic E-state index is 0.0580. The van der Waals surface area contributed by atoms with E-state index in [9.17, 15) is 4.79 Å². The van der Waals surface area contributed by atoms with Crippen LogP contribution in [0.4, 0.5) is 0 Å². The highest BCUT2D eigenvalue weighted by Crippen LogP contribution is 2.14. The molecule has 0 aliphatic rings. The third-order valence-corrected chi connectivity index (χ3v) is 4.65. The molecule has 0 aliphatic carbocycles. The second-order valence-electron chi connectivity index (χ2n) is 6.08. The quantitative estimate of drug-likeness (QED) is 0.803. The van der Waals surface area contributed by atoms with Crippen molar-refractivity contribution >= 4 is 5.65 Å². The number of hydrogen-bond donors (Lipinski definition) is 1. The standard InChI is InChI=1S/C17H23N5O/c1-6-15-12(4)20-22-16(23)9-14(18-17(15)22)7-8-21-13(5)10(2)11(3)19-21/h9,20H,6-8H2,1-5H3. The van der Waals surface area contributed by atoms with Gasteiger partial charge in [0.15, 0.2) is 5.65 Å². The van der Waals surface area contributed by atoms with E-state index >= 15 is 0 Å². The fourth-order valence-electron chi connectivity index (χ4n) is 3.02. The monoisotopic (exact) mass is 313 g/mol. The van der Waals surface area contributed by atoms with Crippen molar-refractivity contribution in [3.05, 3.63) is 50.3 Å². The molecule has 3 rings (SSSR count). The van der Waals surface area contributed by atoms with Gasteiger partial charge in [-0.1, -0.05) is 6.92 Å². The molecule has 3 aromatic rings. The van der Waals surface area contributed by atoms with E-state index < -0.39 is 0 Å². The number of aromatic nitrogens is 5. The Balaban J connectivity index is 1.94. The summed E-state index contributed by atoms with van der Waals surface area (Å²) in [4.78, 5) is 17.0. The Kier molecular flexibility index (Phi) is 3.83. The van der Waals surface area contributed by atoms with Gasteiger partial charge in [0.2, 0.25) is 0 Å². The van der Waals surface area contributed by atoms with Gasteiger partial charge in [0.1, 0.15) is 0 Å². The average molecular weight is 313 g/mol. The Hall–Kier alpha value is -2.37. The van der Waals surface area contributed by atoms with Gasteiger partial charge in [0.25, 0.3) is 5.56 Å². The van der Waals surface area contributed by atoms with Crippen molar-refractivity contribution in [2.24, 2.45) is 0 Å². The van der Waals surface area contributed by atoms with E-state index in [0.717, 1.165) is 41.3 Å². The van der Waals surface area contributed by atoms with Gasteiger partial charge in [0, 0.05) is 36.0 Å². The third kappa shape index (κ3) is 2.58. The van der Waals surface area contributed by atoms with Crippen LogP contribution in [0.5, 0.6) is 0 Å². The first-order chi connectivity index (χ1) is 10.9. The summed E-state index contributed by atoms with van der Waals surface area (Å²) in [6.45, 7) is 11.0. The molecular weight excluding hydrogens is 290 g/mol. The number of nitrogens with one attached hydrogen (secondary N) is 1. The molecule has 0 fully saturated rings. The van der Waals surface area contributed by atoms with Crippen LogP contribution >= 0.6 is 0 Å². The van der Waals surface area contributed by atoms with Crippen molar-refractivity contribution in [1.29, 1.82) is 0 Å². The Morgan fingerprint density at radius 2 is 1.96 bits per heavy atom. The number of nitrogens with zero attached hydrogens (tertiary/aromatic N) is 4. The summed E-state index contributed by atoms with van der Waals surface area (Å²) in [6.07, 6.45) is 1.55. The molecule has 1 N–H and O–H groups in total. The summed E-state index contributed by atoms with van der Waals surface area (Å²) < 4.78 is 3.53. The zero-order chi connectivity index (χ0) is 16.7. The van der Waals surface area contributed by atoms with E-state index in [1.54, 1.807) is 6.07 Å². The lowest BCUT2D eigenvalue weighted by atomic mass is 10.2. The van der Waals surface area contributed by atoms with Crippen LogP contribution in [-0.2, 0) is 19.4 Å². The predicted octanol–water partition coefficient (Wildman–Crippen LogP) is 2.26. The van der Waals surface area contributed by atoms with Gasteiger partial charge >= 0.3 is 0 Å². The number of H-pyrrole nitrogens is 1. The number of aryl methyl sites for hydroxylation is 5. The van der Waals surface area contributed by atoms with E-state index in [2.05, 4.69) is 31.0 Å². The first kappa shape index (κ1) is 15.5. The normalized spacial score (nSPS) is 11.5. The Labute approximate surface area is 135 Å². The molecule has 6 nitrogen and oxygen atoms in total. The van der Waals surface area contributed by atoms with Crippen molar-refractivity contribution < 1.29 is 0 Å². The first-order valence-corrected chi connectivity index (χ1v) is 8.03. The molecule has 3 aromatic heterocycles. The van der Waals surface area contributed by atoms with E-state index in [1.165, 1.54) is 15.8 Å². The number of aromatic amines is 1. The van der Waals surface area contributed by atoms with Crippen molar-refractivity contribution in [2.75, 3.05) is 0 Å². The zero-order valence-electron chi connectivity index (χ0n) is 14.4. The van der Waals surface area contributed by atoms with E-state index in [4.69, 9.17) is 4.98 Å². The van der Waals surface area contributed by atoms with Gasteiger partial charge in [-0.2, -0.15) is 5.10 Å². The molecule has 23 heavy (non-hydrogen) atoms. The zero-order valence-corrected chi connectivity index (χ0v) is 14.4. The van der Waals surface area contributed by atoms with Gasteiger partial charge in [0.05, 0.1) is 11.4 Å². The van der Waals surface area contributed by atoms with Gasteiger partial charge < -0.3 is 0 Å². The number of fused-ring (bicyclic) bond motifs is 1. The predicted molar refractivity (Wildman–Crippen MR) is 90.1 cm³/mol. The minimum Gasteiger partial charge on any atom is -0.294 e. The molecule has 0 bridgehead atoms. The van der Waals surface area contributed by atoms with Crippen LogP contribution in [0, 0.1) is 27.7 Å². The van der Waals surface area contributed by atoms with Crippen LogP contribution in [-0.4, -0.2) is 24.4 Å². The number of rotatable bonds is 4. The average Bonchev–Trinajstić information content (AvgIpc) is 2.96. The molecule has 6 heteroatoms. The van der Waals surface area contributed by atoms with Crippen LogP contribution in [0.2, 0.25) is 0 Å². The third-order valence-electron chi connectivity index (χ3n) is 4.65. The summed E-state index contributed by atoms with van der Waals surface area (Å²) in [5.74, 6) is 0. The topological polar surface area (TPSA) is 68.0 Å². The summed E-state index contributed by atoms with van der Waals surface area (Å²) in [6, 6.07) is 1.61. The van der Waals surface area contributed by atoms with Gasteiger partial charge in [-0.3, -0.25) is 14.6 Å². The molecule has 0 aromatic carbocycles. The fourth-order valence-corrected chi connectivity index (χ4v) is 3.02. The second-order valence-corrected chi connectivity index (χ2v) is 6.08. The maximum absolute atomic E-state index is 12.3. The molecule has 0 atom stereocenters. The maximum Gasteiger partial charge on any atom is 0.272 e. The van der Waals surface area contributed by atoms with Gasteiger partial charge in [-0.15, -0.1) is 0 Å². The summed E-state index contributed by atoms with van der Waals surface area (Å²) in [7, 11) is 0. The van der Waals surface area contributed by atoms with Crippen LogP contribution in [0.25, 0.3) is 5.65 Å². The second kappa shape index (κ2) is 5.68. The largest absolute Gasteiger partial charge is 0.294 e. The van der Waals surface area contributed by atoms with Crippen molar-refractivity contribution in [3.8, 4) is 0 Å². The Morgan fingerprint density at radius 3 is 2.57 bits per heavy atom. The minimum atomic E-state index is -0.0580. The molecule has 3 heterocycles. The van der Waals surface area contributed by atoms with Crippen LogP contribution < -0.4 is 5.56 Å². The van der Waals surface area contributed by atoms with Gasteiger partial charge in [-0.05, 0) is 39.7 Å². The Morgan fingerprint density at radius 1 is 1.22 bits per heavy atom. The van der Waals surface area contributed by atoms with Crippen LogP contribution in [0.1, 0.15) is 40.8 Å². The fraction of sp³-hybridized carbons (Fsp3) is 0.471. The molecule has 0 saturated heterocycles. The summed E-state index contributed by atoms with van der Waals surface area (Å²) in [5.41, 5.74) is 7.06. The highest BCUT2D eigenvalue weighted by molar-refractivity contribution is 5.50. The molecular formula is C17H23N5O. The molecule has 0 aliphatic heterocycles. The molecule has 0 radical (unpaired) electrons. The van der Waals surface area contributed by atoms with Crippen molar-refractivity contribution in [3.63, 3.8) is 0 Å². The summed E-state index contributed by atoms with van der Waals surface area (Å²) >= 11 is 0. The smallest absolute Gasteiger partial charge is 0.272 e. The molecule has 0 unspecified atom stereocenters. The van der Waals surface area contributed by atoms with Crippen LogP contribution in [0.15, 0.2) is 10.9 Å². The van der Waals surface area contributed by atoms with E-state index in [1.807, 2.05) is 18.5 Å². The lowest BCUT2D eigenvalue weighted by Crippen LogP contribution is -2.17. The van der Waals surface area contributed by atoms with E-state index in [-0.39, 0.29) is 5.56 Å². The first-order valence-electron chi connectivity index (χ1n) is 8.03. The highest BCUT2D eigenvalue weighted by Gasteiger charge is 2.12. The molecule has 122 valence electrons. The molecule has 0 spiro atoms. The van der Waals surface area contributed by atoms with Crippen molar-refractivity contribution in [1.82, 2.24) is 24.4 Å². The highest BCUT2D eigenvalue weighted by atomic mass is 16.1. The Bertz CT molecular complexity index is 929. The SMILES string of the molecule is CCc1c(C)[nH]n2c(=O)cc(CCn3nc(C)c(C)c3C)nc12. The number of hydrogen-bond acceptors (Lipinski definition) is 3. The maximum atomic E-state index is 12.3. The van der Waals surface area contributed by atoms with E-state index in [0.29, 0.717) is 6.42 Å². The molecule has 0 saturated carbocycles. The molecule has 0 amide bonds. The lowest BCUT2D eigenvalue weighted by Gasteiger charge is -2.05. The van der Waals surface area contributed by atoms with Crippen molar-refractivity contribution in [2.45, 2.75) is 54.0 Å².